The molecule has 0 aliphatic carbocycles. The molecule has 0 radical (unpaired) electrons. The van der Waals surface area contributed by atoms with Crippen molar-refractivity contribution in [3.05, 3.63) is 0 Å². The fraction of sp³-hybridized carbons (Fsp3) is 0.931. The third-order valence-electron chi connectivity index (χ3n) is 7.00. The fourth-order valence-corrected chi connectivity index (χ4v) is 4.52. The lowest BCUT2D eigenvalue weighted by atomic mass is 9.80. The summed E-state index contributed by atoms with van der Waals surface area (Å²) in [5.74, 6) is 1.06. The van der Waals surface area contributed by atoms with Gasteiger partial charge in [0.2, 0.25) is 0 Å². The van der Waals surface area contributed by atoms with Gasteiger partial charge in [0.1, 0.15) is 11.2 Å². The van der Waals surface area contributed by atoms with Gasteiger partial charge in [-0.2, -0.15) is 0 Å². The molecule has 0 fully saturated rings. The van der Waals surface area contributed by atoms with E-state index in [0.29, 0.717) is 6.42 Å². The molecule has 0 heterocycles. The predicted molar refractivity (Wildman–Crippen MR) is 139 cm³/mol. The van der Waals surface area contributed by atoms with Crippen molar-refractivity contribution in [3.63, 3.8) is 0 Å². The maximum Gasteiger partial charge on any atom is 0.306 e. The molecule has 0 N–H and O–H groups in total. The quantitative estimate of drug-likeness (QED) is 0.189. The highest BCUT2D eigenvalue weighted by Crippen LogP contribution is 2.33. The Bertz CT molecular complexity index is 564. The van der Waals surface area contributed by atoms with Gasteiger partial charge in [-0.25, -0.2) is 0 Å². The zero-order valence-electron chi connectivity index (χ0n) is 23.8. The van der Waals surface area contributed by atoms with Crippen molar-refractivity contribution in [3.8, 4) is 0 Å². The number of carbonyl (C=O) groups excluding carboxylic acids is 2. The predicted octanol–water partition coefficient (Wildman–Crippen LogP) is 8.65. The molecule has 0 aromatic rings. The highest BCUT2D eigenvalue weighted by Gasteiger charge is 2.31. The van der Waals surface area contributed by atoms with Crippen LogP contribution in [0.2, 0.25) is 0 Å². The average Bonchev–Trinajstić information content (AvgIpc) is 2.66. The highest BCUT2D eigenvalue weighted by molar-refractivity contribution is 5.73. The number of esters is 2. The molecule has 0 spiro atoms. The van der Waals surface area contributed by atoms with Gasteiger partial charge in [0.15, 0.2) is 0 Å². The van der Waals surface area contributed by atoms with Crippen molar-refractivity contribution in [1.29, 1.82) is 0 Å². The van der Waals surface area contributed by atoms with Crippen LogP contribution in [0.5, 0.6) is 0 Å². The van der Waals surface area contributed by atoms with Crippen LogP contribution in [0.3, 0.4) is 0 Å². The number of ether oxygens (including phenoxy) is 2. The molecule has 0 saturated heterocycles. The van der Waals surface area contributed by atoms with E-state index in [2.05, 4.69) is 48.5 Å². The highest BCUT2D eigenvalue weighted by atomic mass is 16.6. The molecule has 0 bridgehead atoms. The minimum Gasteiger partial charge on any atom is -0.460 e. The zero-order valence-corrected chi connectivity index (χ0v) is 23.8. The number of hydrogen-bond donors (Lipinski definition) is 0. The van der Waals surface area contributed by atoms with Crippen molar-refractivity contribution in [2.45, 2.75) is 157 Å². The third-order valence-corrected chi connectivity index (χ3v) is 7.00. The maximum absolute atomic E-state index is 12.4. The SMILES string of the molecule is CCC(C)(C)CC(C)(C)OC(=O)CCCC(=O)OC(C)(CC)CCCC(C)CCCC(C)C. The zero-order chi connectivity index (χ0) is 25.7. The van der Waals surface area contributed by atoms with Crippen LogP contribution in [0.4, 0.5) is 0 Å². The first-order valence-corrected chi connectivity index (χ1v) is 13.6. The van der Waals surface area contributed by atoms with Crippen LogP contribution in [0, 0.1) is 17.3 Å². The Morgan fingerprint density at radius 1 is 0.727 bits per heavy atom. The Morgan fingerprint density at radius 2 is 1.27 bits per heavy atom. The van der Waals surface area contributed by atoms with Crippen LogP contribution >= 0.6 is 0 Å². The van der Waals surface area contributed by atoms with Gasteiger partial charge >= 0.3 is 11.9 Å². The van der Waals surface area contributed by atoms with E-state index >= 15 is 0 Å². The van der Waals surface area contributed by atoms with Gasteiger partial charge in [-0.15, -0.1) is 0 Å². The molecule has 0 aliphatic rings. The second-order valence-electron chi connectivity index (χ2n) is 12.4. The van der Waals surface area contributed by atoms with Crippen molar-refractivity contribution < 1.29 is 19.1 Å². The Kier molecular flexibility index (Phi) is 14.6. The van der Waals surface area contributed by atoms with Crippen molar-refractivity contribution in [2.75, 3.05) is 0 Å². The molecular weight excluding hydrogens is 412 g/mol. The first-order chi connectivity index (χ1) is 15.1. The maximum atomic E-state index is 12.4. The van der Waals surface area contributed by atoms with E-state index in [1.807, 2.05) is 20.8 Å². The smallest absolute Gasteiger partial charge is 0.306 e. The summed E-state index contributed by atoms with van der Waals surface area (Å²) >= 11 is 0. The second-order valence-corrected chi connectivity index (χ2v) is 12.4. The third kappa shape index (κ3) is 16.2. The Morgan fingerprint density at radius 3 is 1.79 bits per heavy atom. The van der Waals surface area contributed by atoms with Crippen LogP contribution < -0.4 is 0 Å². The Hall–Kier alpha value is -1.06. The fourth-order valence-electron chi connectivity index (χ4n) is 4.52. The molecule has 4 heteroatoms. The molecule has 0 aromatic carbocycles. The molecular formula is C29H56O4. The van der Waals surface area contributed by atoms with Gasteiger partial charge in [-0.05, 0) is 70.1 Å². The minimum atomic E-state index is -0.496. The topological polar surface area (TPSA) is 52.6 Å². The number of carbonyl (C=O) groups is 2. The number of rotatable bonds is 18. The molecule has 0 saturated carbocycles. The van der Waals surface area contributed by atoms with E-state index in [0.717, 1.165) is 43.9 Å². The van der Waals surface area contributed by atoms with Crippen LogP contribution in [0.25, 0.3) is 0 Å². The molecule has 2 atom stereocenters. The van der Waals surface area contributed by atoms with Crippen molar-refractivity contribution in [2.24, 2.45) is 17.3 Å². The van der Waals surface area contributed by atoms with Gasteiger partial charge in [0.05, 0.1) is 0 Å². The van der Waals surface area contributed by atoms with Gasteiger partial charge < -0.3 is 9.47 Å². The van der Waals surface area contributed by atoms with Crippen LogP contribution in [-0.4, -0.2) is 23.1 Å². The first-order valence-electron chi connectivity index (χ1n) is 13.6. The van der Waals surface area contributed by atoms with E-state index < -0.39 is 11.2 Å². The molecule has 0 rings (SSSR count). The molecule has 0 amide bonds. The molecule has 33 heavy (non-hydrogen) atoms. The molecule has 0 aliphatic heterocycles. The lowest BCUT2D eigenvalue weighted by Gasteiger charge is -2.34. The molecule has 2 unspecified atom stereocenters. The van der Waals surface area contributed by atoms with Gasteiger partial charge in [0.25, 0.3) is 0 Å². The van der Waals surface area contributed by atoms with Crippen molar-refractivity contribution in [1.82, 2.24) is 0 Å². The van der Waals surface area contributed by atoms with E-state index in [9.17, 15) is 9.59 Å². The monoisotopic (exact) mass is 468 g/mol. The minimum absolute atomic E-state index is 0.129. The van der Waals surface area contributed by atoms with Crippen LogP contribution in [-0.2, 0) is 19.1 Å². The summed E-state index contributed by atoms with van der Waals surface area (Å²) in [5.41, 5.74) is -0.781. The second kappa shape index (κ2) is 15.0. The summed E-state index contributed by atoms with van der Waals surface area (Å²) in [6.07, 6.45) is 10.7. The van der Waals surface area contributed by atoms with Gasteiger partial charge in [0, 0.05) is 12.8 Å². The van der Waals surface area contributed by atoms with Gasteiger partial charge in [-0.1, -0.05) is 80.6 Å². The van der Waals surface area contributed by atoms with Crippen LogP contribution in [0.15, 0.2) is 0 Å². The summed E-state index contributed by atoms with van der Waals surface area (Å²) in [4.78, 5) is 24.7. The van der Waals surface area contributed by atoms with Gasteiger partial charge in [-0.3, -0.25) is 9.59 Å². The lowest BCUT2D eigenvalue weighted by Crippen LogP contribution is -2.33. The van der Waals surface area contributed by atoms with Crippen LogP contribution in [0.1, 0.15) is 146 Å². The molecule has 4 nitrogen and oxygen atoms in total. The van der Waals surface area contributed by atoms with E-state index in [-0.39, 0.29) is 30.2 Å². The number of hydrogen-bond acceptors (Lipinski definition) is 4. The largest absolute Gasteiger partial charge is 0.460 e. The summed E-state index contributed by atoms with van der Waals surface area (Å²) in [6.45, 7) is 21.5. The summed E-state index contributed by atoms with van der Waals surface area (Å²) in [6, 6.07) is 0. The van der Waals surface area contributed by atoms with E-state index in [1.54, 1.807) is 0 Å². The van der Waals surface area contributed by atoms with E-state index in [1.165, 1.54) is 25.7 Å². The summed E-state index contributed by atoms with van der Waals surface area (Å²) < 4.78 is 11.6. The first kappa shape index (κ1) is 31.9. The molecule has 196 valence electrons. The summed E-state index contributed by atoms with van der Waals surface area (Å²) in [7, 11) is 0. The lowest BCUT2D eigenvalue weighted by molar-refractivity contribution is -0.161. The summed E-state index contributed by atoms with van der Waals surface area (Å²) in [5, 5.41) is 0. The standard InChI is InChI=1S/C29H56O4/c1-11-27(6,7)22-28(8,9)32-25(30)19-14-20-26(31)33-29(10,12-2)21-15-18-24(5)17-13-16-23(3)4/h23-24H,11-22H2,1-10H3. The van der Waals surface area contributed by atoms with E-state index in [4.69, 9.17) is 9.47 Å². The average molecular weight is 469 g/mol. The normalized spacial score (nSPS) is 15.2. The Balaban J connectivity index is 4.31. The molecule has 0 aromatic heterocycles. The Labute approximate surface area is 206 Å². The van der Waals surface area contributed by atoms with Crippen molar-refractivity contribution >= 4 is 11.9 Å².